The Morgan fingerprint density at radius 2 is 2.00 bits per heavy atom. The van der Waals surface area contributed by atoms with E-state index in [1.165, 1.54) is 16.3 Å². The highest BCUT2D eigenvalue weighted by Crippen LogP contribution is 2.26. The van der Waals surface area contributed by atoms with E-state index in [4.69, 9.17) is 5.26 Å². The first kappa shape index (κ1) is 14.5. The van der Waals surface area contributed by atoms with E-state index >= 15 is 0 Å². The minimum Gasteiger partial charge on any atom is -0.313 e. The first-order valence-electron chi connectivity index (χ1n) is 7.37. The lowest BCUT2D eigenvalue weighted by molar-refractivity contribution is 0.312. The number of hydrogen-bond donors (Lipinski definition) is 1. The van der Waals surface area contributed by atoms with Gasteiger partial charge in [-0.2, -0.15) is 9.57 Å². The van der Waals surface area contributed by atoms with Crippen LogP contribution in [0.25, 0.3) is 0 Å². The third-order valence-electron chi connectivity index (χ3n) is 4.27. The monoisotopic (exact) mass is 305 g/mol. The van der Waals surface area contributed by atoms with Crippen LogP contribution in [-0.2, 0) is 22.9 Å². The average molecular weight is 305 g/mol. The zero-order chi connectivity index (χ0) is 14.9. The summed E-state index contributed by atoms with van der Waals surface area (Å²) in [4.78, 5) is 0.324. The summed E-state index contributed by atoms with van der Waals surface area (Å²) in [6.45, 7) is 1.32. The van der Waals surface area contributed by atoms with Gasteiger partial charge < -0.3 is 5.32 Å². The van der Waals surface area contributed by atoms with Crippen LogP contribution in [0, 0.1) is 11.3 Å². The summed E-state index contributed by atoms with van der Waals surface area (Å²) in [5.74, 6) is 0. The molecule has 1 aliphatic carbocycles. The number of nitriles is 1. The van der Waals surface area contributed by atoms with E-state index in [1.54, 1.807) is 12.1 Å². The Balaban J connectivity index is 1.96. The van der Waals surface area contributed by atoms with Gasteiger partial charge in [0, 0.05) is 19.6 Å². The fraction of sp³-hybridized carbons (Fsp3) is 0.533. The number of hydrogen-bond acceptors (Lipinski definition) is 4. The molecule has 1 fully saturated rings. The molecular weight excluding hydrogens is 286 g/mol. The van der Waals surface area contributed by atoms with Gasteiger partial charge in [-0.25, -0.2) is 8.42 Å². The second-order valence-electron chi connectivity index (χ2n) is 5.60. The third-order valence-corrected chi connectivity index (χ3v) is 6.17. The van der Waals surface area contributed by atoms with E-state index in [0.717, 1.165) is 24.8 Å². The van der Waals surface area contributed by atoms with Gasteiger partial charge in [-0.3, -0.25) is 0 Å². The molecule has 5 nitrogen and oxygen atoms in total. The summed E-state index contributed by atoms with van der Waals surface area (Å²) in [7, 11) is -3.59. The number of aryl methyl sites for hydroxylation is 2. The SMILES string of the molecule is N#CC1CNCCN1S(=O)(=O)c1ccc2c(c1)CCCC2. The summed E-state index contributed by atoms with van der Waals surface area (Å²) >= 11 is 0. The van der Waals surface area contributed by atoms with Crippen molar-refractivity contribution in [1.29, 1.82) is 5.26 Å². The molecule has 1 heterocycles. The largest absolute Gasteiger partial charge is 0.313 e. The van der Waals surface area contributed by atoms with Crippen molar-refractivity contribution >= 4 is 10.0 Å². The molecule has 1 saturated heterocycles. The molecule has 0 bridgehead atoms. The van der Waals surface area contributed by atoms with Gasteiger partial charge in [-0.15, -0.1) is 0 Å². The molecule has 0 spiro atoms. The number of rotatable bonds is 2. The maximum Gasteiger partial charge on any atom is 0.244 e. The Labute approximate surface area is 125 Å². The molecule has 0 aromatic heterocycles. The first-order chi connectivity index (χ1) is 10.1. The molecule has 1 aromatic carbocycles. The van der Waals surface area contributed by atoms with Crippen molar-refractivity contribution in [2.24, 2.45) is 0 Å². The quantitative estimate of drug-likeness (QED) is 0.886. The lowest BCUT2D eigenvalue weighted by Crippen LogP contribution is -2.52. The molecule has 6 heteroatoms. The predicted molar refractivity (Wildman–Crippen MR) is 79.2 cm³/mol. The fourth-order valence-corrected chi connectivity index (χ4v) is 4.68. The number of nitrogens with one attached hydrogen (secondary N) is 1. The van der Waals surface area contributed by atoms with Crippen LogP contribution >= 0.6 is 0 Å². The Morgan fingerprint density at radius 3 is 2.76 bits per heavy atom. The van der Waals surface area contributed by atoms with Crippen LogP contribution in [0.1, 0.15) is 24.0 Å². The Kier molecular flexibility index (Phi) is 3.98. The maximum absolute atomic E-state index is 12.8. The van der Waals surface area contributed by atoms with Crippen molar-refractivity contribution in [3.8, 4) is 6.07 Å². The number of sulfonamides is 1. The molecule has 1 unspecified atom stereocenters. The van der Waals surface area contributed by atoms with Crippen molar-refractivity contribution in [2.75, 3.05) is 19.6 Å². The summed E-state index contributed by atoms with van der Waals surface area (Å²) in [5, 5.41) is 12.2. The third kappa shape index (κ3) is 2.69. The molecule has 1 N–H and O–H groups in total. The van der Waals surface area contributed by atoms with Gasteiger partial charge in [0.15, 0.2) is 0 Å². The van der Waals surface area contributed by atoms with Crippen molar-refractivity contribution in [2.45, 2.75) is 36.6 Å². The zero-order valence-electron chi connectivity index (χ0n) is 11.9. The summed E-state index contributed by atoms with van der Waals surface area (Å²) in [5.41, 5.74) is 2.41. The molecule has 1 aliphatic heterocycles. The van der Waals surface area contributed by atoms with E-state index < -0.39 is 16.1 Å². The Bertz CT molecular complexity index is 679. The van der Waals surface area contributed by atoms with Crippen LogP contribution in [0.5, 0.6) is 0 Å². The first-order valence-corrected chi connectivity index (χ1v) is 8.81. The van der Waals surface area contributed by atoms with Crippen LogP contribution in [0.3, 0.4) is 0 Å². The van der Waals surface area contributed by atoms with Crippen LogP contribution in [0.15, 0.2) is 23.1 Å². The van der Waals surface area contributed by atoms with Gasteiger partial charge in [0.1, 0.15) is 6.04 Å². The van der Waals surface area contributed by atoms with Crippen molar-refractivity contribution in [3.63, 3.8) is 0 Å². The molecule has 0 amide bonds. The lowest BCUT2D eigenvalue weighted by Gasteiger charge is -2.31. The van der Waals surface area contributed by atoms with E-state index in [-0.39, 0.29) is 0 Å². The second kappa shape index (κ2) is 5.76. The maximum atomic E-state index is 12.8. The number of fused-ring (bicyclic) bond motifs is 1. The van der Waals surface area contributed by atoms with Crippen LogP contribution in [0.4, 0.5) is 0 Å². The van der Waals surface area contributed by atoms with E-state index in [1.807, 2.05) is 6.07 Å². The highest BCUT2D eigenvalue weighted by Gasteiger charge is 2.33. The Hall–Kier alpha value is -1.42. The Morgan fingerprint density at radius 1 is 1.24 bits per heavy atom. The predicted octanol–water partition coefficient (Wildman–Crippen LogP) is 1.05. The van der Waals surface area contributed by atoms with Gasteiger partial charge in [-0.05, 0) is 48.9 Å². The summed E-state index contributed by atoms with van der Waals surface area (Å²) in [6, 6.07) is 6.88. The van der Waals surface area contributed by atoms with Gasteiger partial charge in [0.05, 0.1) is 11.0 Å². The van der Waals surface area contributed by atoms with Crippen LogP contribution in [-0.4, -0.2) is 38.4 Å². The molecule has 0 radical (unpaired) electrons. The molecular formula is C15H19N3O2S. The minimum absolute atomic E-state index is 0.324. The van der Waals surface area contributed by atoms with Crippen molar-refractivity contribution in [3.05, 3.63) is 29.3 Å². The molecule has 0 saturated carbocycles. The standard InChI is InChI=1S/C15H19N3O2S/c16-10-14-11-17-7-8-18(14)21(19,20)15-6-5-12-3-1-2-4-13(12)9-15/h5-6,9,14,17H,1-4,7-8,11H2. The molecule has 2 aliphatic rings. The number of piperazine rings is 1. The molecule has 21 heavy (non-hydrogen) atoms. The van der Waals surface area contributed by atoms with E-state index in [9.17, 15) is 8.42 Å². The van der Waals surface area contributed by atoms with Gasteiger partial charge in [0.2, 0.25) is 10.0 Å². The van der Waals surface area contributed by atoms with E-state index in [2.05, 4.69) is 11.4 Å². The minimum atomic E-state index is -3.59. The molecule has 1 aromatic rings. The van der Waals surface area contributed by atoms with Crippen molar-refractivity contribution < 1.29 is 8.42 Å². The summed E-state index contributed by atoms with van der Waals surface area (Å²) in [6.07, 6.45) is 4.27. The molecule has 1 atom stereocenters. The number of nitrogens with zero attached hydrogens (tertiary/aromatic N) is 2. The highest BCUT2D eigenvalue weighted by atomic mass is 32.2. The average Bonchev–Trinajstić information content (AvgIpc) is 2.54. The van der Waals surface area contributed by atoms with Gasteiger partial charge >= 0.3 is 0 Å². The highest BCUT2D eigenvalue weighted by molar-refractivity contribution is 7.89. The zero-order valence-corrected chi connectivity index (χ0v) is 12.7. The van der Waals surface area contributed by atoms with E-state index in [0.29, 0.717) is 24.5 Å². The molecule has 3 rings (SSSR count). The van der Waals surface area contributed by atoms with Gasteiger partial charge in [0.25, 0.3) is 0 Å². The van der Waals surface area contributed by atoms with Crippen molar-refractivity contribution in [1.82, 2.24) is 9.62 Å². The second-order valence-corrected chi connectivity index (χ2v) is 7.49. The van der Waals surface area contributed by atoms with Gasteiger partial charge in [-0.1, -0.05) is 6.07 Å². The summed E-state index contributed by atoms with van der Waals surface area (Å²) < 4.78 is 26.9. The fourth-order valence-electron chi connectivity index (χ4n) is 3.09. The number of benzene rings is 1. The normalized spacial score (nSPS) is 23.3. The smallest absolute Gasteiger partial charge is 0.244 e. The topological polar surface area (TPSA) is 73.2 Å². The molecule has 112 valence electrons. The van der Waals surface area contributed by atoms with Crippen LogP contribution < -0.4 is 5.32 Å². The van der Waals surface area contributed by atoms with Crippen LogP contribution in [0.2, 0.25) is 0 Å². The lowest BCUT2D eigenvalue weighted by atomic mass is 9.92.